The van der Waals surface area contributed by atoms with E-state index in [-0.39, 0.29) is 30.2 Å². The zero-order valence-corrected chi connectivity index (χ0v) is 14.3. The van der Waals surface area contributed by atoms with E-state index in [1.54, 1.807) is 32.2 Å². The largest absolute Gasteiger partial charge is 0.466 e. The van der Waals surface area contributed by atoms with Gasteiger partial charge < -0.3 is 9.64 Å². The number of esters is 1. The standard InChI is InChI=1S/C18H25FN2O3/c1-3-24-18(23)14-8-10-21(11-9-14)13-17(22)20(2)12-15-6-4-5-7-16(15)19/h4-7,14H,3,8-13H2,1-2H3. The molecule has 0 unspecified atom stereocenters. The Bertz CT molecular complexity index is 571. The lowest BCUT2D eigenvalue weighted by atomic mass is 9.97. The Morgan fingerprint density at radius 1 is 1.29 bits per heavy atom. The van der Waals surface area contributed by atoms with Crippen LogP contribution in [0.5, 0.6) is 0 Å². The molecular weight excluding hydrogens is 311 g/mol. The highest BCUT2D eigenvalue weighted by Crippen LogP contribution is 2.19. The third-order valence-electron chi connectivity index (χ3n) is 4.36. The highest BCUT2D eigenvalue weighted by Gasteiger charge is 2.27. The number of likely N-dealkylation sites (N-methyl/N-ethyl adjacent to an activating group) is 1. The lowest BCUT2D eigenvalue weighted by Gasteiger charge is -2.31. The minimum atomic E-state index is -0.299. The van der Waals surface area contributed by atoms with Crippen LogP contribution in [0.15, 0.2) is 24.3 Å². The Balaban J connectivity index is 1.79. The van der Waals surface area contributed by atoms with Crippen molar-refractivity contribution in [2.24, 2.45) is 5.92 Å². The predicted molar refractivity (Wildman–Crippen MR) is 88.7 cm³/mol. The molecule has 0 aromatic heterocycles. The highest BCUT2D eigenvalue weighted by atomic mass is 19.1. The van der Waals surface area contributed by atoms with Gasteiger partial charge in [-0.05, 0) is 38.9 Å². The van der Waals surface area contributed by atoms with Gasteiger partial charge in [-0.15, -0.1) is 0 Å². The summed E-state index contributed by atoms with van der Waals surface area (Å²) in [6.45, 7) is 4.15. The molecule has 1 aromatic carbocycles. The molecule has 6 heteroatoms. The van der Waals surface area contributed by atoms with E-state index in [4.69, 9.17) is 4.74 Å². The molecule has 1 aliphatic rings. The number of piperidine rings is 1. The van der Waals surface area contributed by atoms with Gasteiger partial charge in [0.15, 0.2) is 0 Å². The van der Waals surface area contributed by atoms with Gasteiger partial charge in [-0.3, -0.25) is 14.5 Å². The second-order valence-corrected chi connectivity index (χ2v) is 6.14. The van der Waals surface area contributed by atoms with E-state index >= 15 is 0 Å². The first kappa shape index (κ1) is 18.4. The normalized spacial score (nSPS) is 16.0. The van der Waals surface area contributed by atoms with Gasteiger partial charge >= 0.3 is 5.97 Å². The van der Waals surface area contributed by atoms with Gasteiger partial charge in [0.05, 0.1) is 19.1 Å². The zero-order valence-electron chi connectivity index (χ0n) is 14.3. The van der Waals surface area contributed by atoms with Gasteiger partial charge in [-0.25, -0.2) is 4.39 Å². The van der Waals surface area contributed by atoms with Crippen LogP contribution in [0, 0.1) is 11.7 Å². The fraction of sp³-hybridized carbons (Fsp3) is 0.556. The molecule has 0 radical (unpaired) electrons. The molecule has 0 atom stereocenters. The average molecular weight is 336 g/mol. The molecule has 0 N–H and O–H groups in total. The SMILES string of the molecule is CCOC(=O)C1CCN(CC(=O)N(C)Cc2ccccc2F)CC1. The van der Waals surface area contributed by atoms with Crippen LogP contribution in [0.4, 0.5) is 4.39 Å². The maximum Gasteiger partial charge on any atom is 0.309 e. The topological polar surface area (TPSA) is 49.9 Å². The first-order valence-electron chi connectivity index (χ1n) is 8.37. The Kier molecular flexibility index (Phi) is 6.73. The second kappa shape index (κ2) is 8.78. The van der Waals surface area contributed by atoms with E-state index in [2.05, 4.69) is 0 Å². The second-order valence-electron chi connectivity index (χ2n) is 6.14. The number of amides is 1. The Labute approximate surface area is 142 Å². The van der Waals surface area contributed by atoms with Gasteiger partial charge in [-0.1, -0.05) is 18.2 Å². The molecule has 0 aliphatic carbocycles. The third kappa shape index (κ3) is 5.03. The summed E-state index contributed by atoms with van der Waals surface area (Å²) in [5.41, 5.74) is 0.509. The van der Waals surface area contributed by atoms with Crippen molar-refractivity contribution < 1.29 is 18.7 Å². The van der Waals surface area contributed by atoms with Gasteiger partial charge in [0.2, 0.25) is 5.91 Å². The number of hydrogen-bond donors (Lipinski definition) is 0. The first-order valence-corrected chi connectivity index (χ1v) is 8.37. The molecule has 5 nitrogen and oxygen atoms in total. The number of hydrogen-bond acceptors (Lipinski definition) is 4. The summed E-state index contributed by atoms with van der Waals surface area (Å²) in [4.78, 5) is 27.6. The van der Waals surface area contributed by atoms with Gasteiger partial charge in [0.1, 0.15) is 5.82 Å². The van der Waals surface area contributed by atoms with Crippen LogP contribution in [0.1, 0.15) is 25.3 Å². The first-order chi connectivity index (χ1) is 11.5. The molecule has 0 spiro atoms. The number of halogens is 1. The average Bonchev–Trinajstić information content (AvgIpc) is 2.57. The summed E-state index contributed by atoms with van der Waals surface area (Å²) >= 11 is 0. The minimum Gasteiger partial charge on any atom is -0.466 e. The van der Waals surface area contributed by atoms with Crippen LogP contribution in [-0.2, 0) is 20.9 Å². The van der Waals surface area contributed by atoms with Crippen molar-refractivity contribution in [1.82, 2.24) is 9.80 Å². The highest BCUT2D eigenvalue weighted by molar-refractivity contribution is 5.78. The third-order valence-corrected chi connectivity index (χ3v) is 4.36. The van der Waals surface area contributed by atoms with Crippen molar-refractivity contribution in [2.75, 3.05) is 33.3 Å². The molecule has 0 saturated carbocycles. The number of carbonyl (C=O) groups excluding carboxylic acids is 2. The molecule has 132 valence electrons. The van der Waals surface area contributed by atoms with Crippen LogP contribution in [0.2, 0.25) is 0 Å². The quantitative estimate of drug-likeness (QED) is 0.746. The molecule has 1 fully saturated rings. The van der Waals surface area contributed by atoms with E-state index in [0.717, 1.165) is 0 Å². The predicted octanol–water partition coefficient (Wildman–Crippen LogP) is 2.06. The molecule has 1 heterocycles. The Hall–Kier alpha value is -1.95. The maximum atomic E-state index is 13.7. The van der Waals surface area contributed by atoms with Crippen LogP contribution in [-0.4, -0.2) is 55.0 Å². The number of carbonyl (C=O) groups is 2. The van der Waals surface area contributed by atoms with Crippen LogP contribution in [0.25, 0.3) is 0 Å². The zero-order chi connectivity index (χ0) is 17.5. The summed E-state index contributed by atoms with van der Waals surface area (Å²) < 4.78 is 18.7. The van der Waals surface area contributed by atoms with Crippen molar-refractivity contribution in [3.05, 3.63) is 35.6 Å². The molecule has 2 rings (SSSR count). The fourth-order valence-corrected chi connectivity index (χ4v) is 2.87. The van der Waals surface area contributed by atoms with Gasteiger partial charge in [-0.2, -0.15) is 0 Å². The van der Waals surface area contributed by atoms with Crippen molar-refractivity contribution in [3.8, 4) is 0 Å². The number of benzene rings is 1. The van der Waals surface area contributed by atoms with Crippen molar-refractivity contribution in [2.45, 2.75) is 26.3 Å². The molecule has 1 aliphatic heterocycles. The Morgan fingerprint density at radius 2 is 1.96 bits per heavy atom. The summed E-state index contributed by atoms with van der Waals surface area (Å²) in [5, 5.41) is 0. The lowest BCUT2D eigenvalue weighted by molar-refractivity contribution is -0.149. The summed E-state index contributed by atoms with van der Waals surface area (Å²) in [5.74, 6) is -0.548. The van der Waals surface area contributed by atoms with Crippen molar-refractivity contribution >= 4 is 11.9 Å². The fourth-order valence-electron chi connectivity index (χ4n) is 2.87. The molecule has 1 aromatic rings. The number of rotatable bonds is 6. The number of nitrogens with zero attached hydrogens (tertiary/aromatic N) is 2. The molecular formula is C18H25FN2O3. The van der Waals surface area contributed by atoms with Crippen LogP contribution < -0.4 is 0 Å². The minimum absolute atomic E-state index is 0.0483. The van der Waals surface area contributed by atoms with Gasteiger partial charge in [0, 0.05) is 19.2 Å². The van der Waals surface area contributed by atoms with E-state index in [9.17, 15) is 14.0 Å². The summed E-state index contributed by atoms with van der Waals surface area (Å²) in [6, 6.07) is 6.48. The van der Waals surface area contributed by atoms with E-state index in [1.165, 1.54) is 11.0 Å². The molecule has 1 saturated heterocycles. The molecule has 1 amide bonds. The Morgan fingerprint density at radius 3 is 2.58 bits per heavy atom. The van der Waals surface area contributed by atoms with Gasteiger partial charge in [0.25, 0.3) is 0 Å². The van der Waals surface area contributed by atoms with E-state index in [0.29, 0.717) is 44.6 Å². The molecule has 0 bridgehead atoms. The van der Waals surface area contributed by atoms with Crippen molar-refractivity contribution in [3.63, 3.8) is 0 Å². The van der Waals surface area contributed by atoms with E-state index in [1.807, 2.05) is 4.90 Å². The lowest BCUT2D eigenvalue weighted by Crippen LogP contribution is -2.43. The van der Waals surface area contributed by atoms with Crippen LogP contribution in [0.3, 0.4) is 0 Å². The van der Waals surface area contributed by atoms with Crippen LogP contribution >= 0.6 is 0 Å². The number of likely N-dealkylation sites (tertiary alicyclic amines) is 1. The molecule has 24 heavy (non-hydrogen) atoms. The monoisotopic (exact) mass is 336 g/mol. The smallest absolute Gasteiger partial charge is 0.309 e. The van der Waals surface area contributed by atoms with Crippen molar-refractivity contribution in [1.29, 1.82) is 0 Å². The number of ether oxygens (including phenoxy) is 1. The van der Waals surface area contributed by atoms with E-state index < -0.39 is 0 Å². The maximum absolute atomic E-state index is 13.7. The summed E-state index contributed by atoms with van der Waals surface area (Å²) in [6.07, 6.45) is 1.42. The summed E-state index contributed by atoms with van der Waals surface area (Å²) in [7, 11) is 1.68.